The third kappa shape index (κ3) is 7.96. The van der Waals surface area contributed by atoms with Gasteiger partial charge in [0.05, 0.1) is 22.0 Å². The summed E-state index contributed by atoms with van der Waals surface area (Å²) in [7, 11) is -3.89. The first-order valence-corrected chi connectivity index (χ1v) is 14.7. The van der Waals surface area contributed by atoms with Gasteiger partial charge in [0.25, 0.3) is 0 Å². The molecular weight excluding hydrogens is 545 g/mol. The number of aryl methyl sites for hydroxylation is 1. The second-order valence-corrected chi connectivity index (χ2v) is 11.7. The molecule has 38 heavy (non-hydrogen) atoms. The van der Waals surface area contributed by atoms with Crippen molar-refractivity contribution in [2.75, 3.05) is 23.7 Å². The van der Waals surface area contributed by atoms with Gasteiger partial charge >= 0.3 is 0 Å². The van der Waals surface area contributed by atoms with E-state index in [0.717, 1.165) is 27.3 Å². The summed E-state index contributed by atoms with van der Waals surface area (Å²) >= 11 is 12.2. The zero-order valence-corrected chi connectivity index (χ0v) is 23.9. The van der Waals surface area contributed by atoms with E-state index in [2.05, 4.69) is 5.32 Å². The molecule has 3 rings (SSSR count). The summed E-state index contributed by atoms with van der Waals surface area (Å²) in [5.74, 6) is -0.854. The summed E-state index contributed by atoms with van der Waals surface area (Å²) in [4.78, 5) is 28.7. The van der Waals surface area contributed by atoms with Crippen LogP contribution in [0.5, 0.6) is 0 Å². The molecule has 2 amide bonds. The van der Waals surface area contributed by atoms with Gasteiger partial charge < -0.3 is 10.2 Å². The first-order valence-electron chi connectivity index (χ1n) is 12.1. The quantitative estimate of drug-likeness (QED) is 0.354. The molecule has 1 N–H and O–H groups in total. The molecule has 0 spiro atoms. The Morgan fingerprint density at radius 1 is 0.921 bits per heavy atom. The largest absolute Gasteiger partial charge is 0.355 e. The normalized spacial score (nSPS) is 12.0. The minimum absolute atomic E-state index is 0.119. The molecule has 1 atom stereocenters. The maximum atomic E-state index is 13.9. The first kappa shape index (κ1) is 29.5. The van der Waals surface area contributed by atoms with Crippen molar-refractivity contribution in [3.05, 3.63) is 99.5 Å². The van der Waals surface area contributed by atoms with Crippen LogP contribution in [0.15, 0.2) is 72.8 Å². The number of halogens is 2. The molecular formula is C28H31Cl2N3O4S. The van der Waals surface area contributed by atoms with E-state index < -0.39 is 28.5 Å². The predicted octanol–water partition coefficient (Wildman–Crippen LogP) is 4.84. The van der Waals surface area contributed by atoms with E-state index in [4.69, 9.17) is 23.2 Å². The number of benzene rings is 3. The Morgan fingerprint density at radius 2 is 1.61 bits per heavy atom. The summed E-state index contributed by atoms with van der Waals surface area (Å²) in [6.07, 6.45) is 1.27. The van der Waals surface area contributed by atoms with Crippen LogP contribution in [0.3, 0.4) is 0 Å². The lowest BCUT2D eigenvalue weighted by Gasteiger charge is -2.33. The molecule has 0 heterocycles. The molecule has 0 radical (unpaired) electrons. The first-order chi connectivity index (χ1) is 18.0. The number of amides is 2. The fraction of sp³-hybridized carbons (Fsp3) is 0.286. The van der Waals surface area contributed by atoms with Crippen molar-refractivity contribution in [1.29, 1.82) is 0 Å². The van der Waals surface area contributed by atoms with Crippen molar-refractivity contribution < 1.29 is 18.0 Å². The number of anilines is 1. The van der Waals surface area contributed by atoms with Crippen LogP contribution >= 0.6 is 23.2 Å². The highest BCUT2D eigenvalue weighted by Crippen LogP contribution is 2.29. The lowest BCUT2D eigenvalue weighted by molar-refractivity contribution is -0.140. The van der Waals surface area contributed by atoms with Crippen molar-refractivity contribution in [2.45, 2.75) is 32.9 Å². The fourth-order valence-corrected chi connectivity index (χ4v) is 5.24. The number of carbonyl (C=O) groups excluding carboxylic acids is 2. The Balaban J connectivity index is 2.05. The maximum absolute atomic E-state index is 13.9. The number of likely N-dealkylation sites (N-methyl/N-ethyl adjacent to an activating group) is 1. The number of sulfonamides is 1. The molecule has 0 aliphatic rings. The summed E-state index contributed by atoms with van der Waals surface area (Å²) in [6, 6.07) is 20.5. The molecule has 0 aliphatic carbocycles. The molecule has 0 aliphatic heterocycles. The van der Waals surface area contributed by atoms with Crippen LogP contribution in [0, 0.1) is 6.92 Å². The molecule has 10 heteroatoms. The maximum Gasteiger partial charge on any atom is 0.244 e. The number of rotatable bonds is 11. The SMILES string of the molecule is CCNC(=O)[C@H](Cc1ccccc1)N(Cc1cccc(C)c1)C(=O)CN(c1ccc(Cl)c(Cl)c1)S(C)(=O)=O. The van der Waals surface area contributed by atoms with E-state index in [1.165, 1.54) is 23.1 Å². The highest BCUT2D eigenvalue weighted by Gasteiger charge is 2.33. The molecule has 0 bridgehead atoms. The lowest BCUT2D eigenvalue weighted by Crippen LogP contribution is -2.53. The second-order valence-electron chi connectivity index (χ2n) is 8.98. The molecule has 0 saturated carbocycles. The number of hydrogen-bond donors (Lipinski definition) is 1. The zero-order chi connectivity index (χ0) is 27.9. The molecule has 3 aromatic rings. The molecule has 202 valence electrons. The van der Waals surface area contributed by atoms with Crippen LogP contribution < -0.4 is 9.62 Å². The van der Waals surface area contributed by atoms with Gasteiger partial charge in [-0.05, 0) is 43.2 Å². The van der Waals surface area contributed by atoms with Crippen LogP contribution in [0.25, 0.3) is 0 Å². The van der Waals surface area contributed by atoms with Crippen LogP contribution in [-0.2, 0) is 32.6 Å². The van der Waals surface area contributed by atoms with Crippen molar-refractivity contribution in [3.63, 3.8) is 0 Å². The van der Waals surface area contributed by atoms with Crippen LogP contribution in [0.1, 0.15) is 23.6 Å². The van der Waals surface area contributed by atoms with Crippen molar-refractivity contribution in [1.82, 2.24) is 10.2 Å². The summed E-state index contributed by atoms with van der Waals surface area (Å²) < 4.78 is 26.5. The van der Waals surface area contributed by atoms with E-state index in [1.54, 1.807) is 6.92 Å². The molecule has 7 nitrogen and oxygen atoms in total. The van der Waals surface area contributed by atoms with E-state index in [9.17, 15) is 18.0 Å². The van der Waals surface area contributed by atoms with Gasteiger partial charge in [0, 0.05) is 19.5 Å². The van der Waals surface area contributed by atoms with E-state index >= 15 is 0 Å². The average Bonchev–Trinajstić information content (AvgIpc) is 2.86. The number of carbonyl (C=O) groups is 2. The van der Waals surface area contributed by atoms with Gasteiger partial charge in [-0.2, -0.15) is 0 Å². The Morgan fingerprint density at radius 3 is 2.21 bits per heavy atom. The number of hydrogen-bond acceptors (Lipinski definition) is 4. The van der Waals surface area contributed by atoms with E-state index in [1.807, 2.05) is 61.5 Å². The zero-order valence-electron chi connectivity index (χ0n) is 21.5. The van der Waals surface area contributed by atoms with E-state index in [0.29, 0.717) is 6.54 Å². The number of nitrogens with one attached hydrogen (secondary N) is 1. The number of nitrogens with zero attached hydrogens (tertiary/aromatic N) is 2. The molecule has 0 aromatic heterocycles. The Hall–Kier alpha value is -3.07. The van der Waals surface area contributed by atoms with Gasteiger partial charge in [-0.1, -0.05) is 83.4 Å². The minimum Gasteiger partial charge on any atom is -0.355 e. The molecule has 0 unspecified atom stereocenters. The van der Waals surface area contributed by atoms with Crippen molar-refractivity contribution in [2.24, 2.45) is 0 Å². The summed E-state index contributed by atoms with van der Waals surface area (Å²) in [5, 5.41) is 3.25. The molecule has 0 fully saturated rings. The van der Waals surface area contributed by atoms with Gasteiger partial charge in [-0.3, -0.25) is 13.9 Å². The van der Waals surface area contributed by atoms with Crippen molar-refractivity contribution >= 4 is 50.7 Å². The molecule has 3 aromatic carbocycles. The monoisotopic (exact) mass is 575 g/mol. The Labute approximate surface area is 234 Å². The smallest absolute Gasteiger partial charge is 0.244 e. The topological polar surface area (TPSA) is 86.8 Å². The van der Waals surface area contributed by atoms with Gasteiger partial charge in [-0.15, -0.1) is 0 Å². The van der Waals surface area contributed by atoms with Gasteiger partial charge in [0.15, 0.2) is 0 Å². The highest BCUT2D eigenvalue weighted by atomic mass is 35.5. The standard InChI is InChI=1S/C28H31Cl2N3O4S/c1-4-31-28(35)26(16-21-10-6-5-7-11-21)32(18-22-12-8-9-20(2)15-22)27(34)19-33(38(3,36)37)23-13-14-24(29)25(30)17-23/h5-15,17,26H,4,16,18-19H2,1-3H3,(H,31,35)/t26-/m0/s1. The average molecular weight is 577 g/mol. The Kier molecular flexibility index (Phi) is 10.2. The third-order valence-corrected chi connectivity index (χ3v) is 7.81. The van der Waals surface area contributed by atoms with Crippen LogP contribution in [0.2, 0.25) is 10.0 Å². The second kappa shape index (κ2) is 13.1. The van der Waals surface area contributed by atoms with Gasteiger partial charge in [0.1, 0.15) is 12.6 Å². The Bertz CT molecular complexity index is 1380. The third-order valence-electron chi connectivity index (χ3n) is 5.93. The van der Waals surface area contributed by atoms with E-state index in [-0.39, 0.29) is 34.6 Å². The highest BCUT2D eigenvalue weighted by molar-refractivity contribution is 7.92. The van der Waals surface area contributed by atoms with Gasteiger partial charge in [-0.25, -0.2) is 8.42 Å². The molecule has 0 saturated heterocycles. The summed E-state index contributed by atoms with van der Waals surface area (Å²) in [6.45, 7) is 3.73. The fourth-order valence-electron chi connectivity index (χ4n) is 4.11. The predicted molar refractivity (Wildman–Crippen MR) is 153 cm³/mol. The van der Waals surface area contributed by atoms with Crippen LogP contribution in [0.4, 0.5) is 5.69 Å². The van der Waals surface area contributed by atoms with Crippen LogP contribution in [-0.4, -0.2) is 50.5 Å². The lowest BCUT2D eigenvalue weighted by atomic mass is 10.0. The summed E-state index contributed by atoms with van der Waals surface area (Å²) in [5.41, 5.74) is 2.89. The van der Waals surface area contributed by atoms with Gasteiger partial charge in [0.2, 0.25) is 21.8 Å². The van der Waals surface area contributed by atoms with Crippen molar-refractivity contribution in [3.8, 4) is 0 Å². The minimum atomic E-state index is -3.89.